The fourth-order valence-electron chi connectivity index (χ4n) is 1.38. The molecule has 2 rings (SSSR count). The molecule has 9 nitrogen and oxygen atoms in total. The summed E-state index contributed by atoms with van der Waals surface area (Å²) in [6.07, 6.45) is 4.86. The first-order valence-electron chi connectivity index (χ1n) is 5.64. The number of aromatic nitrogens is 4. The Morgan fingerprint density at radius 1 is 1.33 bits per heavy atom. The van der Waals surface area contributed by atoms with Gasteiger partial charge in [-0.2, -0.15) is 5.10 Å². The molecule has 0 aliphatic heterocycles. The summed E-state index contributed by atoms with van der Waals surface area (Å²) < 4.78 is 27.7. The molecule has 0 bridgehead atoms. The number of likely N-dealkylation sites (N-methyl/N-ethyl adjacent to an activating group) is 1. The van der Waals surface area contributed by atoms with Gasteiger partial charge in [0.15, 0.2) is 0 Å². The fourth-order valence-corrected chi connectivity index (χ4v) is 2.40. The first-order valence-corrected chi connectivity index (χ1v) is 7.50. The van der Waals surface area contributed by atoms with Gasteiger partial charge in [-0.3, -0.25) is 14.2 Å². The maximum atomic E-state index is 12.0. The van der Waals surface area contributed by atoms with E-state index in [0.717, 1.165) is 12.4 Å². The first kappa shape index (κ1) is 15.2. The number of rotatable bonds is 5. The molecular weight excluding hydrogens is 320 g/mol. The third-order valence-corrected chi connectivity index (χ3v) is 3.91. The SMILES string of the molecule is CNC(=O)Cn1cc(NS(=O)(=O)c2cnc(Cl)nc2)cn1. The molecule has 112 valence electrons. The summed E-state index contributed by atoms with van der Waals surface area (Å²) in [7, 11) is -2.34. The summed E-state index contributed by atoms with van der Waals surface area (Å²) in [4.78, 5) is 18.3. The molecule has 2 N–H and O–H groups in total. The van der Waals surface area contributed by atoms with Crippen molar-refractivity contribution in [2.45, 2.75) is 11.4 Å². The quantitative estimate of drug-likeness (QED) is 0.737. The molecule has 0 aromatic carbocycles. The van der Waals surface area contributed by atoms with Crippen molar-refractivity contribution >= 4 is 33.2 Å². The Kier molecular flexibility index (Phi) is 4.38. The minimum absolute atomic E-state index is 0.0116. The van der Waals surface area contributed by atoms with E-state index in [1.54, 1.807) is 0 Å². The molecule has 1 amide bonds. The van der Waals surface area contributed by atoms with Gasteiger partial charge in [-0.1, -0.05) is 0 Å². The van der Waals surface area contributed by atoms with Crippen LogP contribution < -0.4 is 10.0 Å². The molecule has 0 spiro atoms. The Balaban J connectivity index is 2.14. The number of halogens is 1. The molecular formula is C10H11ClN6O3S. The largest absolute Gasteiger partial charge is 0.358 e. The maximum absolute atomic E-state index is 12.0. The Morgan fingerprint density at radius 3 is 2.62 bits per heavy atom. The summed E-state index contributed by atoms with van der Waals surface area (Å²) in [5.41, 5.74) is 0.217. The molecule has 2 aromatic heterocycles. The molecule has 0 fully saturated rings. The van der Waals surface area contributed by atoms with Crippen molar-refractivity contribution in [1.29, 1.82) is 0 Å². The molecule has 0 aliphatic rings. The van der Waals surface area contributed by atoms with Gasteiger partial charge in [0.2, 0.25) is 11.2 Å². The molecule has 11 heteroatoms. The predicted molar refractivity (Wildman–Crippen MR) is 74.1 cm³/mol. The van der Waals surface area contributed by atoms with Gasteiger partial charge < -0.3 is 5.32 Å². The van der Waals surface area contributed by atoms with Gasteiger partial charge >= 0.3 is 0 Å². The van der Waals surface area contributed by atoms with E-state index in [1.165, 1.54) is 24.1 Å². The summed E-state index contributed by atoms with van der Waals surface area (Å²) in [6, 6.07) is 0. The minimum atomic E-state index is -3.84. The second kappa shape index (κ2) is 6.06. The number of hydrogen-bond acceptors (Lipinski definition) is 6. The Bertz CT molecular complexity index is 742. The summed E-state index contributed by atoms with van der Waals surface area (Å²) in [6.45, 7) is -0.0116. The normalized spacial score (nSPS) is 11.1. The lowest BCUT2D eigenvalue weighted by Crippen LogP contribution is -2.23. The lowest BCUT2D eigenvalue weighted by molar-refractivity contribution is -0.121. The summed E-state index contributed by atoms with van der Waals surface area (Å²) in [5.74, 6) is -0.251. The third-order valence-electron chi connectivity index (χ3n) is 2.38. The molecule has 0 saturated heterocycles. The number of sulfonamides is 1. The van der Waals surface area contributed by atoms with Gasteiger partial charge in [0.05, 0.1) is 24.3 Å². The zero-order valence-electron chi connectivity index (χ0n) is 10.8. The van der Waals surface area contributed by atoms with E-state index in [0.29, 0.717) is 0 Å². The first-order chi connectivity index (χ1) is 9.90. The monoisotopic (exact) mass is 330 g/mol. The molecule has 21 heavy (non-hydrogen) atoms. The van der Waals surface area contributed by atoms with Crippen LogP contribution >= 0.6 is 11.6 Å². The van der Waals surface area contributed by atoms with Crippen LogP contribution in [0, 0.1) is 0 Å². The van der Waals surface area contributed by atoms with Crippen LogP contribution in [0.4, 0.5) is 5.69 Å². The number of anilines is 1. The van der Waals surface area contributed by atoms with Crippen molar-refractivity contribution in [3.63, 3.8) is 0 Å². The standard InChI is InChI=1S/C10H11ClN6O3S/c1-12-9(18)6-17-5-7(2-15-17)16-21(19,20)8-3-13-10(11)14-4-8/h2-5,16H,6H2,1H3,(H,12,18). The highest BCUT2D eigenvalue weighted by Crippen LogP contribution is 2.14. The van der Waals surface area contributed by atoms with Gasteiger partial charge in [0, 0.05) is 13.2 Å². The number of carbonyl (C=O) groups excluding carboxylic acids is 1. The van der Waals surface area contributed by atoms with Gasteiger partial charge in [0.25, 0.3) is 10.0 Å². The summed E-state index contributed by atoms with van der Waals surface area (Å²) >= 11 is 5.50. The van der Waals surface area contributed by atoms with Crippen LogP contribution in [0.5, 0.6) is 0 Å². The van der Waals surface area contributed by atoms with E-state index >= 15 is 0 Å². The molecule has 2 heterocycles. The van der Waals surface area contributed by atoms with Crippen molar-refractivity contribution < 1.29 is 13.2 Å². The summed E-state index contributed by atoms with van der Waals surface area (Å²) in [5, 5.41) is 6.26. The second-order valence-electron chi connectivity index (χ2n) is 3.89. The van der Waals surface area contributed by atoms with Gasteiger partial charge in [0.1, 0.15) is 11.4 Å². The fraction of sp³-hybridized carbons (Fsp3) is 0.200. The van der Waals surface area contributed by atoms with Crippen molar-refractivity contribution in [1.82, 2.24) is 25.1 Å². The highest BCUT2D eigenvalue weighted by atomic mass is 35.5. The number of carbonyl (C=O) groups is 1. The second-order valence-corrected chi connectivity index (χ2v) is 5.91. The van der Waals surface area contributed by atoms with Crippen LogP contribution in [0.25, 0.3) is 0 Å². The van der Waals surface area contributed by atoms with Crippen LogP contribution in [0.15, 0.2) is 29.7 Å². The average molecular weight is 331 g/mol. The van der Waals surface area contributed by atoms with Crippen molar-refractivity contribution in [2.24, 2.45) is 0 Å². The zero-order chi connectivity index (χ0) is 15.5. The van der Waals surface area contributed by atoms with Crippen LogP contribution in [0.3, 0.4) is 0 Å². The highest BCUT2D eigenvalue weighted by Gasteiger charge is 2.16. The highest BCUT2D eigenvalue weighted by molar-refractivity contribution is 7.92. The zero-order valence-corrected chi connectivity index (χ0v) is 12.4. The van der Waals surface area contributed by atoms with Crippen LogP contribution in [-0.2, 0) is 21.4 Å². The van der Waals surface area contributed by atoms with E-state index in [4.69, 9.17) is 11.6 Å². The molecule has 0 radical (unpaired) electrons. The number of nitrogens with zero attached hydrogens (tertiary/aromatic N) is 4. The van der Waals surface area contributed by atoms with E-state index in [1.807, 2.05) is 0 Å². The number of hydrogen-bond donors (Lipinski definition) is 2. The van der Waals surface area contributed by atoms with Gasteiger partial charge in [-0.25, -0.2) is 18.4 Å². The topological polar surface area (TPSA) is 119 Å². The van der Waals surface area contributed by atoms with Crippen LogP contribution in [0.1, 0.15) is 0 Å². The average Bonchev–Trinajstić information content (AvgIpc) is 2.85. The Labute approximate surface area is 125 Å². The molecule has 2 aromatic rings. The smallest absolute Gasteiger partial charge is 0.265 e. The number of amides is 1. The van der Waals surface area contributed by atoms with E-state index in [-0.39, 0.29) is 28.3 Å². The van der Waals surface area contributed by atoms with Gasteiger partial charge in [-0.15, -0.1) is 0 Å². The minimum Gasteiger partial charge on any atom is -0.358 e. The molecule has 0 saturated carbocycles. The van der Waals surface area contributed by atoms with Crippen molar-refractivity contribution in [3.05, 3.63) is 30.1 Å². The molecule has 0 aliphatic carbocycles. The van der Waals surface area contributed by atoms with E-state index < -0.39 is 10.0 Å². The third kappa shape index (κ3) is 3.89. The van der Waals surface area contributed by atoms with Gasteiger partial charge in [-0.05, 0) is 11.6 Å². The maximum Gasteiger partial charge on any atom is 0.265 e. The molecule has 0 atom stereocenters. The Morgan fingerprint density at radius 2 is 2.00 bits per heavy atom. The lowest BCUT2D eigenvalue weighted by Gasteiger charge is -2.04. The lowest BCUT2D eigenvalue weighted by atomic mass is 10.6. The predicted octanol–water partition coefficient (Wildman–Crippen LogP) is -0.127. The van der Waals surface area contributed by atoms with Crippen LogP contribution in [0.2, 0.25) is 5.28 Å². The number of nitrogens with one attached hydrogen (secondary N) is 2. The van der Waals surface area contributed by atoms with E-state index in [9.17, 15) is 13.2 Å². The Hall–Kier alpha value is -2.20. The van der Waals surface area contributed by atoms with Crippen molar-refractivity contribution in [3.8, 4) is 0 Å². The van der Waals surface area contributed by atoms with Crippen molar-refractivity contribution in [2.75, 3.05) is 11.8 Å². The van der Waals surface area contributed by atoms with Crippen LogP contribution in [-0.4, -0.2) is 41.1 Å². The van der Waals surface area contributed by atoms with E-state index in [2.05, 4.69) is 25.1 Å². The molecule has 0 unspecified atom stereocenters.